The van der Waals surface area contributed by atoms with Gasteiger partial charge in [0.15, 0.2) is 0 Å². The molecule has 0 heterocycles. The van der Waals surface area contributed by atoms with Gasteiger partial charge >= 0.3 is 0 Å². The number of hydrogen-bond acceptors (Lipinski definition) is 3. The fraction of sp³-hybridized carbons (Fsp3) is 0.0769. The van der Waals surface area contributed by atoms with E-state index in [0.29, 0.717) is 11.5 Å². The first-order valence-corrected chi connectivity index (χ1v) is 6.04. The summed E-state index contributed by atoms with van der Waals surface area (Å²) in [6.45, 7) is 1.97. The summed E-state index contributed by atoms with van der Waals surface area (Å²) in [6, 6.07) is 11.7. The molecule has 0 atom stereocenters. The van der Waals surface area contributed by atoms with Crippen LogP contribution in [-0.2, 0) is 0 Å². The van der Waals surface area contributed by atoms with Gasteiger partial charge in [-0.25, -0.2) is 0 Å². The van der Waals surface area contributed by atoms with Gasteiger partial charge in [-0.3, -0.25) is 10.1 Å². The monoisotopic (exact) mass is 307 g/mol. The molecular formula is C13H10BrNO3. The normalized spacial score (nSPS) is 10.1. The fourth-order valence-electron chi connectivity index (χ4n) is 1.46. The molecule has 0 spiro atoms. The van der Waals surface area contributed by atoms with Crippen LogP contribution in [0, 0.1) is 17.0 Å². The molecule has 0 aliphatic rings. The number of aryl methyl sites for hydroxylation is 1. The van der Waals surface area contributed by atoms with Crippen LogP contribution >= 0.6 is 15.9 Å². The lowest BCUT2D eigenvalue weighted by Crippen LogP contribution is -1.89. The van der Waals surface area contributed by atoms with Crippen molar-refractivity contribution in [1.82, 2.24) is 0 Å². The molecule has 4 nitrogen and oxygen atoms in total. The molecule has 5 heteroatoms. The van der Waals surface area contributed by atoms with E-state index in [9.17, 15) is 10.1 Å². The summed E-state index contributed by atoms with van der Waals surface area (Å²) in [5, 5.41) is 10.5. The zero-order valence-electron chi connectivity index (χ0n) is 9.59. The van der Waals surface area contributed by atoms with Crippen molar-refractivity contribution in [2.75, 3.05) is 0 Å². The average molecular weight is 308 g/mol. The third-order valence-electron chi connectivity index (χ3n) is 2.43. The molecule has 0 saturated carbocycles. The summed E-state index contributed by atoms with van der Waals surface area (Å²) in [4.78, 5) is 10.1. The Labute approximate surface area is 112 Å². The minimum Gasteiger partial charge on any atom is -0.456 e. The van der Waals surface area contributed by atoms with E-state index in [1.807, 2.05) is 25.1 Å². The number of halogens is 1. The van der Waals surface area contributed by atoms with Crippen molar-refractivity contribution >= 4 is 21.6 Å². The second-order valence-corrected chi connectivity index (χ2v) is 4.53. The maximum Gasteiger partial charge on any atom is 0.269 e. The predicted octanol–water partition coefficient (Wildman–Crippen LogP) is 4.46. The van der Waals surface area contributed by atoms with Crippen LogP contribution in [0.1, 0.15) is 5.56 Å². The van der Waals surface area contributed by atoms with Crippen molar-refractivity contribution in [2.24, 2.45) is 0 Å². The molecule has 0 saturated heterocycles. The largest absolute Gasteiger partial charge is 0.456 e. The van der Waals surface area contributed by atoms with Crippen LogP contribution in [0.2, 0.25) is 0 Å². The van der Waals surface area contributed by atoms with Gasteiger partial charge in [-0.1, -0.05) is 12.1 Å². The smallest absolute Gasteiger partial charge is 0.269 e. The van der Waals surface area contributed by atoms with Gasteiger partial charge in [0.2, 0.25) is 0 Å². The third kappa shape index (κ3) is 2.68. The number of nitro groups is 1. The van der Waals surface area contributed by atoms with Gasteiger partial charge in [-0.05, 0) is 46.6 Å². The SMILES string of the molecule is Cc1cccc(Oc2ccc([N+](=O)[O-])cc2)c1Br. The van der Waals surface area contributed by atoms with E-state index < -0.39 is 4.92 Å². The standard InChI is InChI=1S/C13H10BrNO3/c1-9-3-2-4-12(13(9)14)18-11-7-5-10(6-8-11)15(16)17/h2-8H,1H3. The molecule has 0 fully saturated rings. The van der Waals surface area contributed by atoms with Crippen LogP contribution in [-0.4, -0.2) is 4.92 Å². The van der Waals surface area contributed by atoms with Crippen LogP contribution in [0.25, 0.3) is 0 Å². The lowest BCUT2D eigenvalue weighted by Gasteiger charge is -2.08. The Morgan fingerprint density at radius 3 is 2.44 bits per heavy atom. The number of ether oxygens (including phenoxy) is 1. The molecule has 18 heavy (non-hydrogen) atoms. The molecule has 0 aliphatic carbocycles. The maximum atomic E-state index is 10.5. The summed E-state index contributed by atoms with van der Waals surface area (Å²) in [7, 11) is 0. The first-order chi connectivity index (χ1) is 8.58. The number of rotatable bonds is 3. The quantitative estimate of drug-likeness (QED) is 0.621. The summed E-state index contributed by atoms with van der Waals surface area (Å²) in [6.07, 6.45) is 0. The summed E-state index contributed by atoms with van der Waals surface area (Å²) in [5.74, 6) is 1.25. The molecule has 0 N–H and O–H groups in total. The van der Waals surface area contributed by atoms with Crippen molar-refractivity contribution in [1.29, 1.82) is 0 Å². The number of nitro benzene ring substituents is 1. The van der Waals surface area contributed by atoms with Gasteiger partial charge in [-0.2, -0.15) is 0 Å². The molecule has 0 unspecified atom stereocenters. The minimum absolute atomic E-state index is 0.0469. The number of hydrogen-bond donors (Lipinski definition) is 0. The van der Waals surface area contributed by atoms with Gasteiger partial charge in [0, 0.05) is 12.1 Å². The summed E-state index contributed by atoms with van der Waals surface area (Å²) in [5.41, 5.74) is 1.11. The average Bonchev–Trinajstić information content (AvgIpc) is 2.36. The number of nitrogens with zero attached hydrogens (tertiary/aromatic N) is 1. The zero-order valence-corrected chi connectivity index (χ0v) is 11.2. The third-order valence-corrected chi connectivity index (χ3v) is 3.45. The first-order valence-electron chi connectivity index (χ1n) is 5.25. The van der Waals surface area contributed by atoms with Crippen molar-refractivity contribution < 1.29 is 9.66 Å². The highest BCUT2D eigenvalue weighted by Gasteiger charge is 2.07. The minimum atomic E-state index is -0.438. The summed E-state index contributed by atoms with van der Waals surface area (Å²) < 4.78 is 6.53. The Morgan fingerprint density at radius 1 is 1.17 bits per heavy atom. The van der Waals surface area contributed by atoms with E-state index >= 15 is 0 Å². The van der Waals surface area contributed by atoms with E-state index in [1.165, 1.54) is 12.1 Å². The predicted molar refractivity (Wildman–Crippen MR) is 72.0 cm³/mol. The number of non-ortho nitro benzene ring substituents is 1. The van der Waals surface area contributed by atoms with E-state index in [4.69, 9.17) is 4.74 Å². The van der Waals surface area contributed by atoms with Gasteiger partial charge < -0.3 is 4.74 Å². The Morgan fingerprint density at radius 2 is 1.83 bits per heavy atom. The van der Waals surface area contributed by atoms with Gasteiger partial charge in [0.05, 0.1) is 9.40 Å². The van der Waals surface area contributed by atoms with Gasteiger partial charge in [-0.15, -0.1) is 0 Å². The molecule has 2 aromatic carbocycles. The lowest BCUT2D eigenvalue weighted by atomic mass is 10.2. The molecule has 0 bridgehead atoms. The Hall–Kier alpha value is -1.88. The van der Waals surface area contributed by atoms with Crippen molar-refractivity contribution in [3.05, 3.63) is 62.6 Å². The highest BCUT2D eigenvalue weighted by atomic mass is 79.9. The van der Waals surface area contributed by atoms with Gasteiger partial charge in [0.25, 0.3) is 5.69 Å². The molecular weight excluding hydrogens is 298 g/mol. The Balaban J connectivity index is 2.24. The molecule has 92 valence electrons. The second kappa shape index (κ2) is 5.18. The molecule has 0 aromatic heterocycles. The van der Waals surface area contributed by atoms with E-state index in [1.54, 1.807) is 12.1 Å². The van der Waals surface area contributed by atoms with Crippen LogP contribution in [0.3, 0.4) is 0 Å². The van der Waals surface area contributed by atoms with Crippen LogP contribution < -0.4 is 4.74 Å². The Kier molecular flexibility index (Phi) is 3.62. The second-order valence-electron chi connectivity index (χ2n) is 3.74. The van der Waals surface area contributed by atoms with Crippen LogP contribution in [0.5, 0.6) is 11.5 Å². The van der Waals surface area contributed by atoms with Crippen LogP contribution in [0.15, 0.2) is 46.9 Å². The van der Waals surface area contributed by atoms with Crippen molar-refractivity contribution in [3.8, 4) is 11.5 Å². The first kappa shape index (κ1) is 12.6. The molecule has 0 aliphatic heterocycles. The van der Waals surface area contributed by atoms with Gasteiger partial charge in [0.1, 0.15) is 11.5 Å². The number of benzene rings is 2. The highest BCUT2D eigenvalue weighted by Crippen LogP contribution is 2.32. The Bertz CT molecular complexity index is 581. The van der Waals surface area contributed by atoms with E-state index in [2.05, 4.69) is 15.9 Å². The molecule has 0 amide bonds. The topological polar surface area (TPSA) is 52.4 Å². The van der Waals surface area contributed by atoms with Crippen LogP contribution in [0.4, 0.5) is 5.69 Å². The fourth-order valence-corrected chi connectivity index (χ4v) is 1.81. The van der Waals surface area contributed by atoms with E-state index in [-0.39, 0.29) is 5.69 Å². The summed E-state index contributed by atoms with van der Waals surface area (Å²) >= 11 is 3.44. The van der Waals surface area contributed by atoms with Crippen molar-refractivity contribution in [3.63, 3.8) is 0 Å². The molecule has 0 radical (unpaired) electrons. The van der Waals surface area contributed by atoms with Crippen molar-refractivity contribution in [2.45, 2.75) is 6.92 Å². The molecule has 2 rings (SSSR count). The van der Waals surface area contributed by atoms with E-state index in [0.717, 1.165) is 10.0 Å². The molecule has 2 aromatic rings. The zero-order chi connectivity index (χ0) is 13.1. The maximum absolute atomic E-state index is 10.5. The lowest BCUT2D eigenvalue weighted by molar-refractivity contribution is -0.384. The highest BCUT2D eigenvalue weighted by molar-refractivity contribution is 9.10.